The second-order valence-corrected chi connectivity index (χ2v) is 6.13. The number of nitrogens with zero attached hydrogens (tertiary/aromatic N) is 1. The molecule has 9 nitrogen and oxygen atoms in total. The number of nitrogens with one attached hydrogen (secondary N) is 1. The number of hydrogen-bond donors (Lipinski definition) is 3. The van der Waals surface area contributed by atoms with Gasteiger partial charge in [-0.05, 0) is 12.2 Å². The Kier molecular flexibility index (Phi) is 7.63. The fourth-order valence-electron chi connectivity index (χ4n) is 1.75. The predicted octanol–water partition coefficient (Wildman–Crippen LogP) is 0.734. The lowest BCUT2D eigenvalue weighted by Crippen LogP contribution is -2.49. The summed E-state index contributed by atoms with van der Waals surface area (Å²) in [5.74, 6) is 0.731. The summed E-state index contributed by atoms with van der Waals surface area (Å²) in [7, 11) is -1.46. The summed E-state index contributed by atoms with van der Waals surface area (Å²) >= 11 is 0. The summed E-state index contributed by atoms with van der Waals surface area (Å²) in [6.45, 7) is 3.71. The van der Waals surface area contributed by atoms with E-state index in [1.807, 2.05) is 0 Å². The van der Waals surface area contributed by atoms with Gasteiger partial charge < -0.3 is 29.3 Å². The molecule has 0 saturated heterocycles. The van der Waals surface area contributed by atoms with E-state index in [0.717, 1.165) is 5.82 Å². The van der Waals surface area contributed by atoms with Gasteiger partial charge >= 0.3 is 13.6 Å². The molecule has 1 aliphatic rings. The molecule has 1 heterocycles. The maximum atomic E-state index is 12.0. The van der Waals surface area contributed by atoms with E-state index in [1.165, 1.54) is 31.4 Å². The molecule has 1 aliphatic heterocycles. The number of ether oxygens (including phenoxy) is 3. The molecule has 0 unspecified atom stereocenters. The Morgan fingerprint density at radius 1 is 1.39 bits per heavy atom. The molecule has 0 aromatic heterocycles. The van der Waals surface area contributed by atoms with E-state index in [1.54, 1.807) is 6.08 Å². The van der Waals surface area contributed by atoms with Crippen molar-refractivity contribution in [1.29, 1.82) is 0 Å². The first kappa shape index (κ1) is 19.6. The van der Waals surface area contributed by atoms with Crippen molar-refractivity contribution >= 4 is 13.6 Å². The van der Waals surface area contributed by atoms with Gasteiger partial charge in [-0.15, -0.1) is 0 Å². The van der Waals surface area contributed by atoms with Gasteiger partial charge in [0.15, 0.2) is 6.23 Å². The molecule has 10 heteroatoms. The van der Waals surface area contributed by atoms with Crippen LogP contribution in [-0.4, -0.2) is 60.5 Å². The van der Waals surface area contributed by atoms with E-state index in [0.29, 0.717) is 5.70 Å². The molecular formula is C13H21N2O7P. The molecule has 2 atom stereocenters. The highest BCUT2D eigenvalue weighted by atomic mass is 31.2. The van der Waals surface area contributed by atoms with E-state index in [2.05, 4.69) is 11.9 Å². The molecule has 0 radical (unpaired) electrons. The van der Waals surface area contributed by atoms with E-state index in [4.69, 9.17) is 24.0 Å². The van der Waals surface area contributed by atoms with Gasteiger partial charge in [0.1, 0.15) is 6.10 Å². The minimum absolute atomic E-state index is 0.0442. The Morgan fingerprint density at radius 2 is 2.04 bits per heavy atom. The summed E-state index contributed by atoms with van der Waals surface area (Å²) in [6, 6.07) is -0.449. The summed E-state index contributed by atoms with van der Waals surface area (Å²) in [6.07, 6.45) is 2.67. The van der Waals surface area contributed by atoms with Gasteiger partial charge in [-0.1, -0.05) is 6.58 Å². The minimum Gasteiger partial charge on any atom is -0.382 e. The van der Waals surface area contributed by atoms with Crippen molar-refractivity contribution in [2.45, 2.75) is 12.3 Å². The van der Waals surface area contributed by atoms with Crippen molar-refractivity contribution in [2.75, 3.05) is 27.4 Å². The van der Waals surface area contributed by atoms with Crippen molar-refractivity contribution in [3.63, 3.8) is 0 Å². The fourth-order valence-corrected chi connectivity index (χ4v) is 2.17. The second kappa shape index (κ2) is 8.97. The summed E-state index contributed by atoms with van der Waals surface area (Å²) in [5, 5.41) is 2.53. The van der Waals surface area contributed by atoms with Crippen LogP contribution in [0, 0.1) is 0 Å². The van der Waals surface area contributed by atoms with Crippen LogP contribution in [0.1, 0.15) is 0 Å². The molecule has 0 saturated carbocycles. The van der Waals surface area contributed by atoms with Gasteiger partial charge in [0.05, 0.1) is 13.2 Å². The zero-order chi connectivity index (χ0) is 17.5. The quantitative estimate of drug-likeness (QED) is 0.526. The number of methoxy groups -OCH3 is 2. The molecule has 0 fully saturated rings. The average Bonchev–Trinajstić information content (AvgIpc) is 2.44. The van der Waals surface area contributed by atoms with Crippen molar-refractivity contribution in [3.05, 3.63) is 36.4 Å². The normalized spacial score (nSPS) is 18.3. The molecule has 0 spiro atoms. The first-order valence-electron chi connectivity index (χ1n) is 6.61. The molecular weight excluding hydrogens is 327 g/mol. The predicted molar refractivity (Wildman–Crippen MR) is 82.2 cm³/mol. The molecule has 130 valence electrons. The highest BCUT2D eigenvalue weighted by Gasteiger charge is 2.27. The molecule has 0 bridgehead atoms. The third-order valence-electron chi connectivity index (χ3n) is 2.72. The monoisotopic (exact) mass is 348 g/mol. The smallest absolute Gasteiger partial charge is 0.348 e. The molecule has 23 heavy (non-hydrogen) atoms. The second-order valence-electron chi connectivity index (χ2n) is 4.65. The largest absolute Gasteiger partial charge is 0.382 e. The van der Waals surface area contributed by atoms with Crippen LogP contribution in [0.15, 0.2) is 36.4 Å². The van der Waals surface area contributed by atoms with E-state index < -0.39 is 26.0 Å². The number of rotatable bonds is 9. The van der Waals surface area contributed by atoms with Crippen LogP contribution in [-0.2, 0) is 18.8 Å². The van der Waals surface area contributed by atoms with E-state index in [9.17, 15) is 9.36 Å². The third-order valence-corrected chi connectivity index (χ3v) is 3.28. The standard InChI is InChI=1S/C13H21N2O7P/c1-10-4-6-15(13(16)14-10)12(9-21-3)22-11(8-20-2)5-7-23(17,18)19/h4-7,11-12H,1,8-9H2,2-3H3,(H,14,16)(H2,17,18,19)/b7-5+/t11-,12-/m1/s1. The molecule has 1 rings (SSSR count). The van der Waals surface area contributed by atoms with Crippen LogP contribution < -0.4 is 5.32 Å². The first-order chi connectivity index (χ1) is 10.8. The lowest BCUT2D eigenvalue weighted by atomic mass is 10.3. The zero-order valence-corrected chi connectivity index (χ0v) is 13.8. The van der Waals surface area contributed by atoms with Crippen LogP contribution >= 0.6 is 7.60 Å². The molecule has 2 amide bonds. The maximum Gasteiger partial charge on any atom is 0.348 e. The average molecular weight is 348 g/mol. The molecule has 0 aliphatic carbocycles. The minimum atomic E-state index is -4.32. The summed E-state index contributed by atoms with van der Waals surface area (Å²) < 4.78 is 26.6. The Morgan fingerprint density at radius 3 is 2.57 bits per heavy atom. The van der Waals surface area contributed by atoms with E-state index in [-0.39, 0.29) is 13.2 Å². The number of allylic oxidation sites excluding steroid dienone is 1. The number of carbonyl (C=O) groups is 1. The SMILES string of the molecule is C=C1C=CN([C@@H](COC)O[C@H](/C=C/P(=O)(O)O)COC)C(=O)N1. The number of carbonyl (C=O) groups excluding carboxylic acids is 1. The highest BCUT2D eigenvalue weighted by molar-refractivity contribution is 7.55. The van der Waals surface area contributed by atoms with Crippen molar-refractivity contribution in [1.82, 2.24) is 10.2 Å². The Balaban J connectivity index is 2.88. The van der Waals surface area contributed by atoms with Gasteiger partial charge in [0.2, 0.25) is 0 Å². The van der Waals surface area contributed by atoms with Crippen molar-refractivity contribution in [3.8, 4) is 0 Å². The van der Waals surface area contributed by atoms with Gasteiger partial charge in [-0.3, -0.25) is 9.46 Å². The van der Waals surface area contributed by atoms with Gasteiger partial charge in [0.25, 0.3) is 0 Å². The number of urea groups is 1. The van der Waals surface area contributed by atoms with Crippen LogP contribution in [0.4, 0.5) is 4.79 Å². The van der Waals surface area contributed by atoms with Crippen LogP contribution in [0.5, 0.6) is 0 Å². The van der Waals surface area contributed by atoms with E-state index >= 15 is 0 Å². The molecule has 3 N–H and O–H groups in total. The van der Waals surface area contributed by atoms with Crippen molar-refractivity contribution < 1.29 is 33.4 Å². The number of amides is 2. The molecule has 0 aromatic carbocycles. The van der Waals surface area contributed by atoms with Crippen LogP contribution in [0.3, 0.4) is 0 Å². The van der Waals surface area contributed by atoms with Gasteiger partial charge in [-0.2, -0.15) is 0 Å². The van der Waals surface area contributed by atoms with Crippen molar-refractivity contribution in [2.24, 2.45) is 0 Å². The first-order valence-corrected chi connectivity index (χ1v) is 8.29. The van der Waals surface area contributed by atoms with Crippen LogP contribution in [0.2, 0.25) is 0 Å². The highest BCUT2D eigenvalue weighted by Crippen LogP contribution is 2.36. The number of hydrogen-bond acceptors (Lipinski definition) is 5. The topological polar surface area (TPSA) is 118 Å². The maximum absolute atomic E-state index is 12.0. The lowest BCUT2D eigenvalue weighted by Gasteiger charge is -2.32. The third kappa shape index (κ3) is 7.08. The fraction of sp³-hybridized carbons (Fsp3) is 0.462. The zero-order valence-electron chi connectivity index (χ0n) is 12.9. The Hall–Kier alpha value is -1.48. The molecule has 0 aromatic rings. The van der Waals surface area contributed by atoms with Gasteiger partial charge in [0, 0.05) is 31.9 Å². The Labute approximate surface area is 134 Å². The van der Waals surface area contributed by atoms with Gasteiger partial charge in [-0.25, -0.2) is 4.79 Å². The summed E-state index contributed by atoms with van der Waals surface area (Å²) in [4.78, 5) is 31.0. The lowest BCUT2D eigenvalue weighted by molar-refractivity contribution is -0.0990. The summed E-state index contributed by atoms with van der Waals surface area (Å²) in [5.41, 5.74) is 0.442. The van der Waals surface area contributed by atoms with Crippen LogP contribution in [0.25, 0.3) is 0 Å². The Bertz CT molecular complexity index is 528.